The van der Waals surface area contributed by atoms with Crippen LogP contribution in [-0.4, -0.2) is 18.5 Å². The molecule has 1 aromatic carbocycles. The quantitative estimate of drug-likeness (QED) is 0.840. The standard InChI is InChI=1S/C13H19BrN2O.ClH/c1-10(15)2-7-13(17)16-9-8-11-3-5-12(14)6-4-11;/h3-6,10H,2,7-9,15H2,1H3,(H,16,17);1H. The molecular weight excluding hydrogens is 316 g/mol. The fourth-order valence-corrected chi connectivity index (χ4v) is 1.71. The molecule has 3 N–H and O–H groups in total. The van der Waals surface area contributed by atoms with Crippen molar-refractivity contribution in [1.29, 1.82) is 0 Å². The molecule has 0 aromatic heterocycles. The smallest absolute Gasteiger partial charge is 0.220 e. The summed E-state index contributed by atoms with van der Waals surface area (Å²) in [5.74, 6) is 0.0828. The Balaban J connectivity index is 0.00000289. The molecular formula is C13H20BrClN2O. The van der Waals surface area contributed by atoms with Gasteiger partial charge in [-0.15, -0.1) is 12.4 Å². The fraction of sp³-hybridized carbons (Fsp3) is 0.462. The SMILES string of the molecule is CC(N)CCC(=O)NCCc1ccc(Br)cc1.Cl. The predicted molar refractivity (Wildman–Crippen MR) is 81.0 cm³/mol. The van der Waals surface area contributed by atoms with Gasteiger partial charge in [-0.1, -0.05) is 28.1 Å². The number of hydrogen-bond donors (Lipinski definition) is 2. The molecule has 0 aliphatic carbocycles. The molecule has 0 radical (unpaired) electrons. The summed E-state index contributed by atoms with van der Waals surface area (Å²) in [6, 6.07) is 8.21. The fourth-order valence-electron chi connectivity index (χ4n) is 1.44. The Bertz CT molecular complexity index is 355. The zero-order valence-electron chi connectivity index (χ0n) is 10.5. The highest BCUT2D eigenvalue weighted by Gasteiger charge is 2.02. The lowest BCUT2D eigenvalue weighted by Crippen LogP contribution is -2.27. The van der Waals surface area contributed by atoms with Gasteiger partial charge in [0, 0.05) is 23.5 Å². The van der Waals surface area contributed by atoms with Gasteiger partial charge < -0.3 is 11.1 Å². The van der Waals surface area contributed by atoms with E-state index in [2.05, 4.69) is 33.4 Å². The van der Waals surface area contributed by atoms with Crippen LogP contribution in [0.15, 0.2) is 28.7 Å². The zero-order chi connectivity index (χ0) is 12.7. The van der Waals surface area contributed by atoms with E-state index in [1.54, 1.807) is 0 Å². The van der Waals surface area contributed by atoms with Gasteiger partial charge in [0.25, 0.3) is 0 Å². The van der Waals surface area contributed by atoms with Crippen LogP contribution in [0.2, 0.25) is 0 Å². The van der Waals surface area contributed by atoms with E-state index >= 15 is 0 Å². The van der Waals surface area contributed by atoms with Crippen molar-refractivity contribution in [2.24, 2.45) is 5.73 Å². The summed E-state index contributed by atoms with van der Waals surface area (Å²) >= 11 is 3.39. The third-order valence-corrected chi connectivity index (χ3v) is 3.00. The van der Waals surface area contributed by atoms with Crippen molar-refractivity contribution in [2.45, 2.75) is 32.2 Å². The molecule has 1 rings (SSSR count). The van der Waals surface area contributed by atoms with Crippen molar-refractivity contribution < 1.29 is 4.79 Å². The molecule has 18 heavy (non-hydrogen) atoms. The van der Waals surface area contributed by atoms with Crippen molar-refractivity contribution in [3.8, 4) is 0 Å². The lowest BCUT2D eigenvalue weighted by Gasteiger charge is -2.07. The Hall–Kier alpha value is -0.580. The van der Waals surface area contributed by atoms with E-state index in [1.165, 1.54) is 5.56 Å². The lowest BCUT2D eigenvalue weighted by molar-refractivity contribution is -0.121. The van der Waals surface area contributed by atoms with E-state index in [9.17, 15) is 4.79 Å². The molecule has 102 valence electrons. The van der Waals surface area contributed by atoms with Gasteiger partial charge in [0.05, 0.1) is 0 Å². The van der Waals surface area contributed by atoms with Gasteiger partial charge in [-0.3, -0.25) is 4.79 Å². The highest BCUT2D eigenvalue weighted by molar-refractivity contribution is 9.10. The average Bonchev–Trinajstić information content (AvgIpc) is 2.29. The number of nitrogens with one attached hydrogen (secondary N) is 1. The summed E-state index contributed by atoms with van der Waals surface area (Å²) in [7, 11) is 0. The summed E-state index contributed by atoms with van der Waals surface area (Å²) < 4.78 is 1.07. The van der Waals surface area contributed by atoms with Crippen molar-refractivity contribution >= 4 is 34.2 Å². The Morgan fingerprint density at radius 3 is 2.56 bits per heavy atom. The molecule has 5 heteroatoms. The maximum atomic E-state index is 11.4. The van der Waals surface area contributed by atoms with Crippen LogP contribution < -0.4 is 11.1 Å². The van der Waals surface area contributed by atoms with Crippen LogP contribution in [-0.2, 0) is 11.2 Å². The first-order valence-electron chi connectivity index (χ1n) is 5.84. The van der Waals surface area contributed by atoms with Gasteiger partial charge >= 0.3 is 0 Å². The maximum absolute atomic E-state index is 11.4. The second kappa shape index (κ2) is 9.36. The summed E-state index contributed by atoms with van der Waals surface area (Å²) in [5.41, 5.74) is 6.81. The first-order chi connectivity index (χ1) is 8.08. The van der Waals surface area contributed by atoms with E-state index in [1.807, 2.05) is 19.1 Å². The number of halogens is 2. The molecule has 0 spiro atoms. The van der Waals surface area contributed by atoms with Gasteiger partial charge in [0.15, 0.2) is 0 Å². The number of benzene rings is 1. The van der Waals surface area contributed by atoms with E-state index < -0.39 is 0 Å². The minimum absolute atomic E-state index is 0. The van der Waals surface area contributed by atoms with Crippen molar-refractivity contribution in [1.82, 2.24) is 5.32 Å². The van der Waals surface area contributed by atoms with Crippen LogP contribution in [0.1, 0.15) is 25.3 Å². The molecule has 1 unspecified atom stereocenters. The molecule has 1 aromatic rings. The van der Waals surface area contributed by atoms with Crippen molar-refractivity contribution in [3.63, 3.8) is 0 Å². The molecule has 3 nitrogen and oxygen atoms in total. The third kappa shape index (κ3) is 7.69. The first-order valence-corrected chi connectivity index (χ1v) is 6.64. The monoisotopic (exact) mass is 334 g/mol. The van der Waals surface area contributed by atoms with E-state index in [4.69, 9.17) is 5.73 Å². The molecule has 0 bridgehead atoms. The molecule has 1 atom stereocenters. The summed E-state index contributed by atoms with van der Waals surface area (Å²) in [4.78, 5) is 11.4. The third-order valence-electron chi connectivity index (χ3n) is 2.48. The van der Waals surface area contributed by atoms with E-state index in [0.29, 0.717) is 13.0 Å². The number of carbonyl (C=O) groups is 1. The highest BCUT2D eigenvalue weighted by atomic mass is 79.9. The van der Waals surface area contributed by atoms with Crippen molar-refractivity contribution in [3.05, 3.63) is 34.3 Å². The van der Waals surface area contributed by atoms with Crippen LogP contribution in [0.5, 0.6) is 0 Å². The minimum atomic E-state index is 0. The summed E-state index contributed by atoms with van der Waals surface area (Å²) in [6.07, 6.45) is 2.11. The van der Waals surface area contributed by atoms with E-state index in [0.717, 1.165) is 17.3 Å². The second-order valence-electron chi connectivity index (χ2n) is 4.24. The molecule has 0 saturated heterocycles. The predicted octanol–water partition coefficient (Wildman–Crippen LogP) is 2.66. The van der Waals surface area contributed by atoms with Gasteiger partial charge in [0.2, 0.25) is 5.91 Å². The number of amides is 1. The number of carbonyl (C=O) groups excluding carboxylic acids is 1. The van der Waals surface area contributed by atoms with Gasteiger partial charge in [0.1, 0.15) is 0 Å². The minimum Gasteiger partial charge on any atom is -0.356 e. The first kappa shape index (κ1) is 17.4. The Labute approximate surface area is 123 Å². The topological polar surface area (TPSA) is 55.1 Å². The summed E-state index contributed by atoms with van der Waals surface area (Å²) in [6.45, 7) is 2.59. The molecule has 0 aliphatic rings. The molecule has 0 aliphatic heterocycles. The van der Waals surface area contributed by atoms with Gasteiger partial charge in [-0.25, -0.2) is 0 Å². The Morgan fingerprint density at radius 1 is 1.39 bits per heavy atom. The Morgan fingerprint density at radius 2 is 2.00 bits per heavy atom. The molecule has 0 fully saturated rings. The Kier molecular flexibility index (Phi) is 9.06. The molecule has 0 heterocycles. The normalized spacial score (nSPS) is 11.5. The number of hydrogen-bond acceptors (Lipinski definition) is 2. The zero-order valence-corrected chi connectivity index (χ0v) is 12.9. The lowest BCUT2D eigenvalue weighted by atomic mass is 10.1. The second-order valence-corrected chi connectivity index (χ2v) is 5.16. The number of nitrogens with two attached hydrogens (primary N) is 1. The average molecular weight is 336 g/mol. The van der Waals surface area contributed by atoms with Crippen LogP contribution in [0.25, 0.3) is 0 Å². The van der Waals surface area contributed by atoms with Gasteiger partial charge in [-0.2, -0.15) is 0 Å². The van der Waals surface area contributed by atoms with E-state index in [-0.39, 0.29) is 24.4 Å². The molecule has 0 saturated carbocycles. The van der Waals surface area contributed by atoms with Crippen molar-refractivity contribution in [2.75, 3.05) is 6.54 Å². The van der Waals surface area contributed by atoms with Crippen LogP contribution >= 0.6 is 28.3 Å². The van der Waals surface area contributed by atoms with Gasteiger partial charge in [-0.05, 0) is 37.5 Å². The maximum Gasteiger partial charge on any atom is 0.220 e. The van der Waals surface area contributed by atoms with Crippen LogP contribution in [0.3, 0.4) is 0 Å². The highest BCUT2D eigenvalue weighted by Crippen LogP contribution is 2.10. The van der Waals surface area contributed by atoms with Crippen LogP contribution in [0.4, 0.5) is 0 Å². The van der Waals surface area contributed by atoms with Crippen LogP contribution in [0, 0.1) is 0 Å². The number of rotatable bonds is 6. The summed E-state index contributed by atoms with van der Waals surface area (Å²) in [5, 5.41) is 2.89. The largest absolute Gasteiger partial charge is 0.356 e. The molecule has 1 amide bonds.